The second-order valence-electron chi connectivity index (χ2n) is 4.36. The molecule has 0 aliphatic heterocycles. The molecule has 0 bridgehead atoms. The van der Waals surface area contributed by atoms with E-state index in [0.29, 0.717) is 0 Å². The van der Waals surface area contributed by atoms with E-state index in [1.807, 2.05) is 0 Å². The topological polar surface area (TPSA) is 55.4 Å². The van der Waals surface area contributed by atoms with Crippen LogP contribution in [0.25, 0.3) is 0 Å². The molecule has 0 heterocycles. The first-order valence-electron chi connectivity index (χ1n) is 5.99. The third kappa shape index (κ3) is 3.35. The van der Waals surface area contributed by atoms with Crippen LogP contribution in [0.5, 0.6) is 0 Å². The van der Waals surface area contributed by atoms with Crippen molar-refractivity contribution in [2.75, 3.05) is 13.7 Å². The van der Waals surface area contributed by atoms with Gasteiger partial charge in [-0.15, -0.1) is 0 Å². The van der Waals surface area contributed by atoms with Crippen LogP contribution >= 0.6 is 0 Å². The van der Waals surface area contributed by atoms with Crippen LogP contribution < -0.4 is 5.32 Å². The van der Waals surface area contributed by atoms with Crippen LogP contribution in [-0.2, 0) is 19.7 Å². The first kappa shape index (κ1) is 15.7. The van der Waals surface area contributed by atoms with Gasteiger partial charge < -0.3 is 10.1 Å². The number of carbonyl (C=O) groups excluding carboxylic acids is 2. The fourth-order valence-electron chi connectivity index (χ4n) is 1.83. The van der Waals surface area contributed by atoms with E-state index in [4.69, 9.17) is 4.74 Å². The third-order valence-corrected chi connectivity index (χ3v) is 2.95. The van der Waals surface area contributed by atoms with Gasteiger partial charge in [-0.25, -0.2) is 4.39 Å². The van der Waals surface area contributed by atoms with Crippen molar-refractivity contribution >= 4 is 11.9 Å². The van der Waals surface area contributed by atoms with Crippen molar-refractivity contribution in [2.24, 2.45) is 0 Å². The van der Waals surface area contributed by atoms with Gasteiger partial charge in [0.1, 0.15) is 11.2 Å². The zero-order valence-corrected chi connectivity index (χ0v) is 11.6. The summed E-state index contributed by atoms with van der Waals surface area (Å²) in [6, 6.07) is 5.89. The van der Waals surface area contributed by atoms with Crippen molar-refractivity contribution in [3.05, 3.63) is 35.6 Å². The minimum absolute atomic E-state index is 0.103. The molecular formula is C15H16FNO3. The molecule has 5 heteroatoms. The minimum atomic E-state index is -1.31. The first-order chi connectivity index (χ1) is 9.45. The van der Waals surface area contributed by atoms with Gasteiger partial charge in [-0.05, 0) is 25.8 Å². The predicted octanol–water partition coefficient (Wildman–Crippen LogP) is 1.40. The number of ether oxygens (including phenoxy) is 1. The lowest BCUT2D eigenvalue weighted by molar-refractivity contribution is -0.147. The summed E-state index contributed by atoms with van der Waals surface area (Å²) in [5.74, 6) is 3.05. The maximum Gasteiger partial charge on any atom is 0.317 e. The van der Waals surface area contributed by atoms with E-state index >= 15 is 0 Å². The molecule has 1 aromatic carbocycles. The zero-order chi connectivity index (χ0) is 15.2. The molecule has 0 saturated carbocycles. The molecule has 0 spiro atoms. The van der Waals surface area contributed by atoms with Gasteiger partial charge in [0.15, 0.2) is 0 Å². The molecule has 0 aliphatic carbocycles. The number of methoxy groups -OCH3 is 1. The lowest BCUT2D eigenvalue weighted by Crippen LogP contribution is -2.45. The molecule has 20 heavy (non-hydrogen) atoms. The number of nitrogens with one attached hydrogen (secondary N) is 1. The van der Waals surface area contributed by atoms with Crippen LogP contribution in [0, 0.1) is 17.7 Å². The Bertz CT molecular complexity index is 574. The normalized spacial score (nSPS) is 12.6. The molecule has 0 unspecified atom stereocenters. The van der Waals surface area contributed by atoms with Gasteiger partial charge in [0.25, 0.3) is 5.91 Å². The van der Waals surface area contributed by atoms with E-state index in [-0.39, 0.29) is 12.1 Å². The SMILES string of the molecule is CC#CC(=O)NC[C@@](C)(C(=O)OC)c1ccccc1F. The maximum atomic E-state index is 13.9. The Morgan fingerprint density at radius 1 is 1.40 bits per heavy atom. The highest BCUT2D eigenvalue weighted by Gasteiger charge is 2.38. The highest BCUT2D eigenvalue weighted by Crippen LogP contribution is 2.27. The number of amides is 1. The van der Waals surface area contributed by atoms with Crippen molar-refractivity contribution in [3.63, 3.8) is 0 Å². The Morgan fingerprint density at radius 2 is 2.05 bits per heavy atom. The number of rotatable bonds is 4. The molecule has 106 valence electrons. The van der Waals surface area contributed by atoms with Crippen LogP contribution in [0.1, 0.15) is 19.4 Å². The third-order valence-electron chi connectivity index (χ3n) is 2.95. The standard InChI is InChI=1S/C15H16FNO3/c1-4-7-13(18)17-10-15(2,14(19)20-3)11-8-5-6-9-12(11)16/h5-6,8-9H,10H2,1-3H3,(H,17,18)/t15-/m1/s1. The quantitative estimate of drug-likeness (QED) is 0.668. The number of halogens is 1. The van der Waals surface area contributed by atoms with Crippen molar-refractivity contribution in [3.8, 4) is 11.8 Å². The lowest BCUT2D eigenvalue weighted by atomic mass is 9.82. The van der Waals surface area contributed by atoms with Gasteiger partial charge in [-0.3, -0.25) is 9.59 Å². The van der Waals surface area contributed by atoms with Crippen LogP contribution in [0.3, 0.4) is 0 Å². The Labute approximate surface area is 117 Å². The van der Waals surface area contributed by atoms with Gasteiger partial charge >= 0.3 is 5.97 Å². The zero-order valence-electron chi connectivity index (χ0n) is 11.6. The molecule has 0 saturated heterocycles. The van der Waals surface area contributed by atoms with E-state index in [0.717, 1.165) is 0 Å². The van der Waals surface area contributed by atoms with Crippen molar-refractivity contribution in [2.45, 2.75) is 19.3 Å². The number of carbonyl (C=O) groups is 2. The van der Waals surface area contributed by atoms with Crippen LogP contribution in [0.15, 0.2) is 24.3 Å². The molecule has 0 fully saturated rings. The molecular weight excluding hydrogens is 261 g/mol. The molecule has 0 radical (unpaired) electrons. The first-order valence-corrected chi connectivity index (χ1v) is 5.99. The van der Waals surface area contributed by atoms with E-state index in [1.54, 1.807) is 6.07 Å². The Kier molecular flexibility index (Phi) is 5.27. The molecule has 0 aromatic heterocycles. The van der Waals surface area contributed by atoms with Gasteiger partial charge in [-0.2, -0.15) is 0 Å². The summed E-state index contributed by atoms with van der Waals surface area (Å²) in [6.07, 6.45) is 0. The monoisotopic (exact) mass is 277 g/mol. The summed E-state index contributed by atoms with van der Waals surface area (Å²) in [5.41, 5.74) is -1.15. The summed E-state index contributed by atoms with van der Waals surface area (Å²) >= 11 is 0. The van der Waals surface area contributed by atoms with Crippen molar-refractivity contribution < 1.29 is 18.7 Å². The van der Waals surface area contributed by atoms with Crippen LogP contribution in [0.2, 0.25) is 0 Å². The van der Waals surface area contributed by atoms with Crippen LogP contribution in [-0.4, -0.2) is 25.5 Å². The molecule has 1 aromatic rings. The minimum Gasteiger partial charge on any atom is -0.468 e. The molecule has 4 nitrogen and oxygen atoms in total. The number of hydrogen-bond donors (Lipinski definition) is 1. The van der Waals surface area contributed by atoms with Crippen molar-refractivity contribution in [1.82, 2.24) is 5.32 Å². The lowest BCUT2D eigenvalue weighted by Gasteiger charge is -2.27. The van der Waals surface area contributed by atoms with Gasteiger partial charge in [0, 0.05) is 12.1 Å². The fourth-order valence-corrected chi connectivity index (χ4v) is 1.83. The summed E-state index contributed by atoms with van der Waals surface area (Å²) < 4.78 is 18.6. The molecule has 1 atom stereocenters. The van der Waals surface area contributed by atoms with E-state index < -0.39 is 23.1 Å². The Morgan fingerprint density at radius 3 is 2.60 bits per heavy atom. The smallest absolute Gasteiger partial charge is 0.317 e. The summed E-state index contributed by atoms with van der Waals surface area (Å²) in [6.45, 7) is 2.93. The second-order valence-corrected chi connectivity index (χ2v) is 4.36. The average Bonchev–Trinajstić information content (AvgIpc) is 2.44. The second kappa shape index (κ2) is 6.71. The van der Waals surface area contributed by atoms with Crippen molar-refractivity contribution in [1.29, 1.82) is 0 Å². The highest BCUT2D eigenvalue weighted by atomic mass is 19.1. The maximum absolute atomic E-state index is 13.9. The highest BCUT2D eigenvalue weighted by molar-refractivity contribution is 5.94. The van der Waals surface area contributed by atoms with Crippen LogP contribution in [0.4, 0.5) is 4.39 Å². The van der Waals surface area contributed by atoms with E-state index in [9.17, 15) is 14.0 Å². The molecule has 1 rings (SSSR count). The fraction of sp³-hybridized carbons (Fsp3) is 0.333. The van der Waals surface area contributed by atoms with E-state index in [2.05, 4.69) is 17.2 Å². The average molecular weight is 277 g/mol. The molecule has 0 aliphatic rings. The largest absolute Gasteiger partial charge is 0.468 e. The van der Waals surface area contributed by atoms with Gasteiger partial charge in [-0.1, -0.05) is 24.1 Å². The van der Waals surface area contributed by atoms with Gasteiger partial charge in [0.2, 0.25) is 0 Å². The van der Waals surface area contributed by atoms with Gasteiger partial charge in [0.05, 0.1) is 7.11 Å². The Balaban J connectivity index is 3.10. The van der Waals surface area contributed by atoms with E-state index in [1.165, 1.54) is 39.2 Å². The summed E-state index contributed by atoms with van der Waals surface area (Å²) in [4.78, 5) is 23.4. The number of hydrogen-bond acceptors (Lipinski definition) is 3. The molecule has 1 amide bonds. The summed E-state index contributed by atoms with van der Waals surface area (Å²) in [5, 5.41) is 2.49. The Hall–Kier alpha value is -2.35. The number of esters is 1. The number of benzene rings is 1. The molecule has 1 N–H and O–H groups in total. The predicted molar refractivity (Wildman–Crippen MR) is 72.2 cm³/mol. The summed E-state index contributed by atoms with van der Waals surface area (Å²) in [7, 11) is 1.22.